The summed E-state index contributed by atoms with van der Waals surface area (Å²) < 4.78 is 20.4. The van der Waals surface area contributed by atoms with Crippen molar-refractivity contribution in [2.24, 2.45) is 12.0 Å². The summed E-state index contributed by atoms with van der Waals surface area (Å²) in [7, 11) is 4.98. The third kappa shape index (κ3) is 3.89. The fourth-order valence-electron chi connectivity index (χ4n) is 3.97. The van der Waals surface area contributed by atoms with E-state index < -0.39 is 12.0 Å². The summed E-state index contributed by atoms with van der Waals surface area (Å²) in [4.78, 5) is 31.8. The van der Waals surface area contributed by atoms with Crippen molar-refractivity contribution in [2.45, 2.75) is 19.9 Å². The number of carbonyl (C=O) groups excluding carboxylic acids is 1. The number of carbonyl (C=O) groups is 1. The molecule has 0 amide bonds. The molecular formula is C24H25N3O5S. The Hall–Kier alpha value is -3.59. The van der Waals surface area contributed by atoms with E-state index in [9.17, 15) is 9.59 Å². The normalized spacial score (nSPS) is 15.8. The zero-order valence-electron chi connectivity index (χ0n) is 19.1. The topological polar surface area (TPSA) is 84.1 Å². The van der Waals surface area contributed by atoms with Crippen molar-refractivity contribution in [2.75, 3.05) is 20.8 Å². The largest absolute Gasteiger partial charge is 0.493 e. The number of allylic oxidation sites excluding steroid dienone is 1. The van der Waals surface area contributed by atoms with Gasteiger partial charge in [0.15, 0.2) is 16.3 Å². The van der Waals surface area contributed by atoms with E-state index >= 15 is 0 Å². The van der Waals surface area contributed by atoms with E-state index in [1.54, 1.807) is 33.1 Å². The van der Waals surface area contributed by atoms with Gasteiger partial charge in [-0.05, 0) is 38.1 Å². The van der Waals surface area contributed by atoms with Crippen LogP contribution in [0.4, 0.5) is 0 Å². The fraction of sp³-hybridized carbons (Fsp3) is 0.292. The Morgan fingerprint density at radius 2 is 2.00 bits per heavy atom. The number of hydrogen-bond donors (Lipinski definition) is 0. The number of nitrogens with zero attached hydrogens (tertiary/aromatic N) is 3. The molecule has 4 rings (SSSR count). The highest BCUT2D eigenvalue weighted by molar-refractivity contribution is 7.07. The molecule has 0 N–H and O–H groups in total. The summed E-state index contributed by atoms with van der Waals surface area (Å²) in [5, 5.41) is 0. The van der Waals surface area contributed by atoms with E-state index in [1.807, 2.05) is 42.1 Å². The molecule has 1 aromatic carbocycles. The number of para-hydroxylation sites is 1. The van der Waals surface area contributed by atoms with Crippen LogP contribution in [0.2, 0.25) is 0 Å². The number of aromatic nitrogens is 2. The molecule has 172 valence electrons. The number of benzene rings is 1. The van der Waals surface area contributed by atoms with Gasteiger partial charge in [0.2, 0.25) is 0 Å². The van der Waals surface area contributed by atoms with Crippen molar-refractivity contribution in [3.05, 3.63) is 78.7 Å². The molecule has 2 aromatic heterocycles. The monoisotopic (exact) mass is 467 g/mol. The van der Waals surface area contributed by atoms with E-state index in [0.29, 0.717) is 37.7 Å². The molecule has 0 aliphatic carbocycles. The molecule has 9 heteroatoms. The molecule has 1 aliphatic heterocycles. The van der Waals surface area contributed by atoms with Crippen LogP contribution in [0.15, 0.2) is 57.6 Å². The SMILES string of the molecule is CCOC(=O)C1=C(C)N=c2s/c(=C\c3cccn3C)c(=O)n2[C@H]1c1cccc(OC)c1OC. The number of aryl methyl sites for hydroxylation is 1. The summed E-state index contributed by atoms with van der Waals surface area (Å²) in [5.41, 5.74) is 2.04. The van der Waals surface area contributed by atoms with E-state index in [-0.39, 0.29) is 12.2 Å². The van der Waals surface area contributed by atoms with Crippen LogP contribution in [0, 0.1) is 0 Å². The minimum atomic E-state index is -0.777. The van der Waals surface area contributed by atoms with E-state index in [4.69, 9.17) is 14.2 Å². The number of ether oxygens (including phenoxy) is 3. The first-order chi connectivity index (χ1) is 15.9. The van der Waals surface area contributed by atoms with Crippen LogP contribution in [-0.2, 0) is 16.6 Å². The fourth-order valence-corrected chi connectivity index (χ4v) is 5.00. The molecule has 0 fully saturated rings. The second-order valence-corrected chi connectivity index (χ2v) is 8.44. The van der Waals surface area contributed by atoms with Gasteiger partial charge in [0.05, 0.1) is 36.6 Å². The Balaban J connectivity index is 2.04. The first-order valence-corrected chi connectivity index (χ1v) is 11.2. The van der Waals surface area contributed by atoms with Gasteiger partial charge >= 0.3 is 5.97 Å². The van der Waals surface area contributed by atoms with Crippen LogP contribution in [-0.4, -0.2) is 35.9 Å². The molecule has 0 saturated heterocycles. The molecule has 0 unspecified atom stereocenters. The van der Waals surface area contributed by atoms with E-state index in [1.165, 1.54) is 23.0 Å². The molecule has 1 aliphatic rings. The summed E-state index contributed by atoms with van der Waals surface area (Å²) in [5.74, 6) is 0.419. The average molecular weight is 468 g/mol. The average Bonchev–Trinajstić information content (AvgIpc) is 3.34. The predicted octanol–water partition coefficient (Wildman–Crippen LogP) is 2.15. The Labute approximate surface area is 194 Å². The van der Waals surface area contributed by atoms with E-state index in [2.05, 4.69) is 4.99 Å². The van der Waals surface area contributed by atoms with Crippen LogP contribution >= 0.6 is 11.3 Å². The molecule has 33 heavy (non-hydrogen) atoms. The van der Waals surface area contributed by atoms with Crippen LogP contribution < -0.4 is 24.4 Å². The van der Waals surface area contributed by atoms with Crippen LogP contribution in [0.1, 0.15) is 31.1 Å². The maximum atomic E-state index is 13.6. The highest BCUT2D eigenvalue weighted by Crippen LogP contribution is 2.40. The Kier molecular flexibility index (Phi) is 6.24. The molecular weight excluding hydrogens is 442 g/mol. The third-order valence-electron chi connectivity index (χ3n) is 5.51. The predicted molar refractivity (Wildman–Crippen MR) is 125 cm³/mol. The molecule has 8 nitrogen and oxygen atoms in total. The lowest BCUT2D eigenvalue weighted by molar-refractivity contribution is -0.139. The van der Waals surface area contributed by atoms with E-state index in [0.717, 1.165) is 5.69 Å². The molecule has 3 aromatic rings. The highest BCUT2D eigenvalue weighted by atomic mass is 32.1. The first-order valence-electron chi connectivity index (χ1n) is 10.4. The van der Waals surface area contributed by atoms with Gasteiger partial charge in [0, 0.05) is 24.5 Å². The van der Waals surface area contributed by atoms with Gasteiger partial charge < -0.3 is 18.8 Å². The van der Waals surface area contributed by atoms with Gasteiger partial charge in [-0.2, -0.15) is 0 Å². The van der Waals surface area contributed by atoms with Gasteiger partial charge in [0.1, 0.15) is 6.04 Å². The smallest absolute Gasteiger partial charge is 0.338 e. The molecule has 0 radical (unpaired) electrons. The van der Waals surface area contributed by atoms with Crippen molar-refractivity contribution >= 4 is 23.4 Å². The number of rotatable bonds is 6. The highest BCUT2D eigenvalue weighted by Gasteiger charge is 2.35. The quantitative estimate of drug-likeness (QED) is 0.519. The maximum Gasteiger partial charge on any atom is 0.338 e. The van der Waals surface area contributed by atoms with Crippen LogP contribution in [0.25, 0.3) is 6.08 Å². The van der Waals surface area contributed by atoms with Crippen molar-refractivity contribution in [1.82, 2.24) is 9.13 Å². The zero-order chi connectivity index (χ0) is 23.7. The number of fused-ring (bicyclic) bond motifs is 1. The Morgan fingerprint density at radius 3 is 2.64 bits per heavy atom. The van der Waals surface area contributed by atoms with Crippen molar-refractivity contribution in [3.8, 4) is 11.5 Å². The Bertz CT molecular complexity index is 1430. The molecule has 0 bridgehead atoms. The lowest BCUT2D eigenvalue weighted by atomic mass is 9.94. The number of hydrogen-bond acceptors (Lipinski definition) is 7. The summed E-state index contributed by atoms with van der Waals surface area (Å²) in [6, 6.07) is 8.45. The molecule has 0 saturated carbocycles. The standard InChI is InChI=1S/C24H25N3O5S/c1-6-32-23(29)19-14(2)25-24-27(20(19)16-10-7-11-17(30-4)21(16)31-5)22(28)18(33-24)13-15-9-8-12-26(15)3/h7-13,20H,6H2,1-5H3/b18-13-/t20-/m0/s1. The van der Waals surface area contributed by atoms with Crippen molar-refractivity contribution in [1.29, 1.82) is 0 Å². The zero-order valence-corrected chi connectivity index (χ0v) is 19.9. The van der Waals surface area contributed by atoms with Gasteiger partial charge in [-0.3, -0.25) is 9.36 Å². The van der Waals surface area contributed by atoms with Gasteiger partial charge in [-0.15, -0.1) is 0 Å². The maximum absolute atomic E-state index is 13.6. The first kappa shape index (κ1) is 22.6. The van der Waals surface area contributed by atoms with Gasteiger partial charge in [-0.1, -0.05) is 23.5 Å². The second kappa shape index (κ2) is 9.11. The number of methoxy groups -OCH3 is 2. The van der Waals surface area contributed by atoms with Crippen LogP contribution in [0.5, 0.6) is 11.5 Å². The number of thiazole rings is 1. The summed E-state index contributed by atoms with van der Waals surface area (Å²) in [6.07, 6.45) is 3.74. The lowest BCUT2D eigenvalue weighted by Crippen LogP contribution is -2.40. The third-order valence-corrected chi connectivity index (χ3v) is 6.49. The van der Waals surface area contributed by atoms with Crippen molar-refractivity contribution < 1.29 is 19.0 Å². The summed E-state index contributed by atoms with van der Waals surface area (Å²) in [6.45, 7) is 3.69. The second-order valence-electron chi connectivity index (χ2n) is 7.43. The minimum Gasteiger partial charge on any atom is -0.493 e. The molecule has 1 atom stereocenters. The minimum absolute atomic E-state index is 0.204. The van der Waals surface area contributed by atoms with Gasteiger partial charge in [0.25, 0.3) is 5.56 Å². The van der Waals surface area contributed by atoms with Gasteiger partial charge in [-0.25, -0.2) is 9.79 Å². The molecule has 3 heterocycles. The van der Waals surface area contributed by atoms with Crippen molar-refractivity contribution in [3.63, 3.8) is 0 Å². The Morgan fingerprint density at radius 1 is 1.21 bits per heavy atom. The molecule has 0 spiro atoms. The lowest BCUT2D eigenvalue weighted by Gasteiger charge is -2.26. The van der Waals surface area contributed by atoms with Crippen LogP contribution in [0.3, 0.4) is 0 Å². The number of esters is 1. The summed E-state index contributed by atoms with van der Waals surface area (Å²) >= 11 is 1.28.